The van der Waals surface area contributed by atoms with Crippen LogP contribution in [-0.2, 0) is 4.79 Å². The standard InChI is InChI=1S/C27H54NO3/c1-5-6-7-8-9-10-11-12-13-14-15-16-17-18-19-20-21-22-23-24-27(31)28(4,25(2)29)26(3)30/h12-13,25-26,29-30H,5-11,14-24H2,1-4H3/q+1/b13-12-. The molecule has 2 N–H and O–H groups in total. The monoisotopic (exact) mass is 440 g/mol. The molecule has 184 valence electrons. The molecule has 0 aromatic heterocycles. The van der Waals surface area contributed by atoms with E-state index in [1.165, 1.54) is 96.3 Å². The third-order valence-corrected chi connectivity index (χ3v) is 6.74. The highest BCUT2D eigenvalue weighted by atomic mass is 16.3. The second-order valence-electron chi connectivity index (χ2n) is 9.55. The van der Waals surface area contributed by atoms with Crippen LogP contribution in [0, 0.1) is 0 Å². The van der Waals surface area contributed by atoms with Crippen LogP contribution < -0.4 is 0 Å². The van der Waals surface area contributed by atoms with Crippen molar-refractivity contribution in [1.29, 1.82) is 0 Å². The van der Waals surface area contributed by atoms with E-state index in [-0.39, 0.29) is 10.4 Å². The zero-order chi connectivity index (χ0) is 23.4. The molecule has 0 aliphatic heterocycles. The minimum Gasteiger partial charge on any atom is -0.345 e. The highest BCUT2D eigenvalue weighted by molar-refractivity contribution is 5.69. The Morgan fingerprint density at radius 3 is 1.42 bits per heavy atom. The van der Waals surface area contributed by atoms with Crippen LogP contribution in [0.1, 0.15) is 136 Å². The molecule has 0 spiro atoms. The van der Waals surface area contributed by atoms with Crippen LogP contribution in [0.5, 0.6) is 0 Å². The van der Waals surface area contributed by atoms with Crippen molar-refractivity contribution in [3.05, 3.63) is 12.2 Å². The van der Waals surface area contributed by atoms with Gasteiger partial charge in [-0.1, -0.05) is 96.1 Å². The summed E-state index contributed by atoms with van der Waals surface area (Å²) in [6.07, 6.45) is 25.1. The first-order chi connectivity index (χ1) is 14.9. The smallest absolute Gasteiger partial charge is 0.317 e. The van der Waals surface area contributed by atoms with Crippen LogP contribution in [0.4, 0.5) is 0 Å². The lowest BCUT2D eigenvalue weighted by Crippen LogP contribution is -2.60. The minimum atomic E-state index is -0.886. The van der Waals surface area contributed by atoms with Crippen LogP contribution in [0.3, 0.4) is 0 Å². The van der Waals surface area contributed by atoms with Gasteiger partial charge in [-0.3, -0.25) is 0 Å². The second-order valence-corrected chi connectivity index (χ2v) is 9.55. The van der Waals surface area contributed by atoms with Gasteiger partial charge < -0.3 is 10.2 Å². The van der Waals surface area contributed by atoms with Crippen molar-refractivity contribution in [2.24, 2.45) is 0 Å². The normalized spacial score (nSPS) is 15.8. The lowest BCUT2D eigenvalue weighted by molar-refractivity contribution is -0.924. The fraction of sp³-hybridized carbons (Fsp3) is 0.889. The van der Waals surface area contributed by atoms with Crippen LogP contribution in [0.25, 0.3) is 0 Å². The van der Waals surface area contributed by atoms with Crippen LogP contribution in [-0.4, -0.2) is 40.1 Å². The van der Waals surface area contributed by atoms with E-state index in [1.807, 2.05) is 0 Å². The Bertz CT molecular complexity index is 438. The number of carbonyl (C=O) groups excluding carboxylic acids is 1. The van der Waals surface area contributed by atoms with Gasteiger partial charge >= 0.3 is 5.91 Å². The van der Waals surface area contributed by atoms with E-state index in [4.69, 9.17) is 0 Å². The van der Waals surface area contributed by atoms with Gasteiger partial charge in [-0.15, -0.1) is 0 Å². The summed E-state index contributed by atoms with van der Waals surface area (Å²) < 4.78 is -0.311. The van der Waals surface area contributed by atoms with Crippen molar-refractivity contribution < 1.29 is 19.5 Å². The van der Waals surface area contributed by atoms with E-state index in [0.717, 1.165) is 12.8 Å². The Balaban J connectivity index is 3.45. The Morgan fingerprint density at radius 1 is 0.677 bits per heavy atom. The number of hydrogen-bond donors (Lipinski definition) is 2. The summed E-state index contributed by atoms with van der Waals surface area (Å²) in [5.74, 6) is -0.0778. The van der Waals surface area contributed by atoms with Crippen molar-refractivity contribution in [3.8, 4) is 0 Å². The summed E-state index contributed by atoms with van der Waals surface area (Å²) >= 11 is 0. The number of aliphatic hydroxyl groups excluding tert-OH is 2. The number of allylic oxidation sites excluding steroid dienone is 2. The molecule has 31 heavy (non-hydrogen) atoms. The molecular weight excluding hydrogens is 386 g/mol. The molecule has 1 amide bonds. The Hall–Kier alpha value is -0.710. The number of aliphatic hydroxyl groups is 2. The number of nitrogens with zero attached hydrogens (tertiary/aromatic N) is 1. The maximum Gasteiger partial charge on any atom is 0.317 e. The molecule has 0 rings (SSSR count). The molecule has 0 radical (unpaired) electrons. The third kappa shape index (κ3) is 14.9. The van der Waals surface area contributed by atoms with Gasteiger partial charge in [0.2, 0.25) is 0 Å². The highest BCUT2D eigenvalue weighted by Crippen LogP contribution is 2.18. The van der Waals surface area contributed by atoms with Gasteiger partial charge in [-0.05, 0) is 32.1 Å². The molecular formula is C27H54NO3+. The molecule has 0 saturated heterocycles. The number of carbonyl (C=O) groups is 1. The van der Waals surface area contributed by atoms with Crippen LogP contribution in [0.15, 0.2) is 12.2 Å². The molecule has 0 fully saturated rings. The zero-order valence-corrected chi connectivity index (χ0v) is 21.3. The first-order valence-electron chi connectivity index (χ1n) is 13.3. The van der Waals surface area contributed by atoms with E-state index in [0.29, 0.717) is 6.42 Å². The number of amides is 1. The molecule has 4 nitrogen and oxygen atoms in total. The molecule has 4 heteroatoms. The lowest BCUT2D eigenvalue weighted by atomic mass is 10.0. The van der Waals surface area contributed by atoms with E-state index in [1.54, 1.807) is 20.9 Å². The van der Waals surface area contributed by atoms with Gasteiger partial charge in [-0.25, -0.2) is 9.28 Å². The van der Waals surface area contributed by atoms with E-state index in [2.05, 4.69) is 19.1 Å². The molecule has 0 aliphatic rings. The van der Waals surface area contributed by atoms with Crippen molar-refractivity contribution in [1.82, 2.24) is 0 Å². The highest BCUT2D eigenvalue weighted by Gasteiger charge is 2.40. The van der Waals surface area contributed by atoms with E-state index >= 15 is 0 Å². The summed E-state index contributed by atoms with van der Waals surface area (Å²) in [6.45, 7) is 5.40. The van der Waals surface area contributed by atoms with E-state index in [9.17, 15) is 15.0 Å². The van der Waals surface area contributed by atoms with Gasteiger partial charge in [0.25, 0.3) is 0 Å². The largest absolute Gasteiger partial charge is 0.345 e. The molecule has 2 unspecified atom stereocenters. The van der Waals surface area contributed by atoms with E-state index < -0.39 is 12.5 Å². The fourth-order valence-corrected chi connectivity index (χ4v) is 4.02. The fourth-order valence-electron chi connectivity index (χ4n) is 4.02. The van der Waals surface area contributed by atoms with Crippen LogP contribution in [0.2, 0.25) is 0 Å². The Kier molecular flexibility index (Phi) is 19.5. The summed E-state index contributed by atoms with van der Waals surface area (Å²) in [6, 6.07) is 0. The van der Waals surface area contributed by atoms with Crippen molar-refractivity contribution in [2.75, 3.05) is 7.05 Å². The summed E-state index contributed by atoms with van der Waals surface area (Å²) in [5.41, 5.74) is 0. The second kappa shape index (κ2) is 19.9. The zero-order valence-electron chi connectivity index (χ0n) is 21.3. The molecule has 0 aromatic carbocycles. The maximum absolute atomic E-state index is 12.4. The minimum absolute atomic E-state index is 0.0778. The first-order valence-corrected chi connectivity index (χ1v) is 13.3. The van der Waals surface area contributed by atoms with Gasteiger partial charge in [0.1, 0.15) is 0 Å². The van der Waals surface area contributed by atoms with Crippen molar-refractivity contribution >= 4 is 5.91 Å². The maximum atomic E-state index is 12.4. The molecule has 0 aliphatic carbocycles. The average Bonchev–Trinajstić information content (AvgIpc) is 2.74. The number of hydrogen-bond acceptors (Lipinski definition) is 3. The van der Waals surface area contributed by atoms with Gasteiger partial charge in [0.05, 0.1) is 13.5 Å². The summed E-state index contributed by atoms with van der Waals surface area (Å²) in [7, 11) is 1.61. The first kappa shape index (κ1) is 30.3. The molecule has 2 atom stereocenters. The predicted molar refractivity (Wildman–Crippen MR) is 132 cm³/mol. The van der Waals surface area contributed by atoms with Gasteiger partial charge in [0, 0.05) is 13.8 Å². The van der Waals surface area contributed by atoms with Gasteiger partial charge in [-0.2, -0.15) is 0 Å². The lowest BCUT2D eigenvalue weighted by Gasteiger charge is -2.36. The molecule has 0 aromatic rings. The molecule has 0 bridgehead atoms. The molecule has 0 heterocycles. The quantitative estimate of drug-likeness (QED) is 0.0856. The Labute approximate surface area is 193 Å². The van der Waals surface area contributed by atoms with Crippen molar-refractivity contribution in [3.63, 3.8) is 0 Å². The number of unbranched alkanes of at least 4 members (excludes halogenated alkanes) is 15. The topological polar surface area (TPSA) is 57.5 Å². The summed E-state index contributed by atoms with van der Waals surface area (Å²) in [4.78, 5) is 12.4. The van der Waals surface area contributed by atoms with Crippen molar-refractivity contribution in [2.45, 2.75) is 149 Å². The number of quaternary nitrogens is 1. The van der Waals surface area contributed by atoms with Crippen LogP contribution >= 0.6 is 0 Å². The van der Waals surface area contributed by atoms with Gasteiger partial charge in [0.15, 0.2) is 12.5 Å². The Morgan fingerprint density at radius 2 is 1.03 bits per heavy atom. The average molecular weight is 441 g/mol. The predicted octanol–water partition coefficient (Wildman–Crippen LogP) is 7.23. The SMILES string of the molecule is CCCCCCCC/C=C\CCCCCCCCCCCC(=O)[N+](C)(C(C)O)C(C)O. The molecule has 0 saturated carbocycles. The number of rotatable bonds is 21. The third-order valence-electron chi connectivity index (χ3n) is 6.74. The summed E-state index contributed by atoms with van der Waals surface area (Å²) in [5, 5.41) is 19.7.